The van der Waals surface area contributed by atoms with Crippen LogP contribution in [0.4, 0.5) is 23.8 Å². The Hall–Kier alpha value is -0.920. The Morgan fingerprint density at radius 3 is 1.85 bits per heavy atom. The minimum Gasteiger partial charge on any atom is -0.238 e. The van der Waals surface area contributed by atoms with Crippen LogP contribution in [0.3, 0.4) is 0 Å². The van der Waals surface area contributed by atoms with Crippen LogP contribution in [0.25, 0.3) is 0 Å². The first kappa shape index (κ1) is 10.2. The van der Waals surface area contributed by atoms with Crippen molar-refractivity contribution in [3.8, 4) is 0 Å². The first-order chi connectivity index (χ1) is 5.49. The average Bonchev–Trinajstić information content (AvgIpc) is 1.82. The van der Waals surface area contributed by atoms with Crippen molar-refractivity contribution < 1.29 is 23.8 Å². The van der Waals surface area contributed by atoms with E-state index in [1.807, 2.05) is 0 Å². The maximum atomic E-state index is 12.1. The van der Waals surface area contributed by atoms with Crippen molar-refractivity contribution in [2.75, 3.05) is 0 Å². The van der Waals surface area contributed by atoms with Crippen molar-refractivity contribution in [1.29, 1.82) is 0 Å². The Morgan fingerprint density at radius 2 is 1.54 bits per heavy atom. The standard InChI is InChI=1S/C5H3F6NS/c6-4-1-2-5(12-3-4)13(7,8,9,10)11/h1-3H. The molecule has 1 aromatic rings. The van der Waals surface area contributed by atoms with E-state index in [2.05, 4.69) is 4.98 Å². The third kappa shape index (κ3) is 2.51. The zero-order chi connectivity index (χ0) is 10.4. The first-order valence-electron chi connectivity index (χ1n) is 2.85. The Morgan fingerprint density at radius 1 is 1.00 bits per heavy atom. The summed E-state index contributed by atoms with van der Waals surface area (Å²) in [5, 5.41) is -2.33. The van der Waals surface area contributed by atoms with Gasteiger partial charge in [0.1, 0.15) is 5.82 Å². The lowest BCUT2D eigenvalue weighted by Gasteiger charge is -2.38. The van der Waals surface area contributed by atoms with Crippen LogP contribution in [0.2, 0.25) is 0 Å². The van der Waals surface area contributed by atoms with Crippen LogP contribution in [0.5, 0.6) is 0 Å². The quantitative estimate of drug-likeness (QED) is 0.658. The Balaban J connectivity index is 3.34. The lowest BCUT2D eigenvalue weighted by atomic mass is 10.5. The van der Waals surface area contributed by atoms with Gasteiger partial charge in [0, 0.05) is 0 Å². The predicted octanol–water partition coefficient (Wildman–Crippen LogP) is 3.88. The average molecular weight is 223 g/mol. The Kier molecular flexibility index (Phi) is 1.52. The molecule has 0 saturated carbocycles. The lowest BCUT2D eigenvalue weighted by molar-refractivity contribution is 0.357. The largest absolute Gasteiger partial charge is 0.325 e. The molecule has 1 heterocycles. The Bertz CT molecular complexity index is 325. The SMILES string of the molecule is Fc1ccc(S(F)(F)(F)(F)F)nc1. The van der Waals surface area contributed by atoms with Gasteiger partial charge in [0.15, 0.2) is 5.03 Å². The third-order valence-electron chi connectivity index (χ3n) is 1.10. The topological polar surface area (TPSA) is 12.9 Å². The number of rotatable bonds is 1. The number of nitrogens with zero attached hydrogens (tertiary/aromatic N) is 1. The van der Waals surface area contributed by atoms with E-state index >= 15 is 0 Å². The number of hydrogen-bond donors (Lipinski definition) is 0. The van der Waals surface area contributed by atoms with Crippen molar-refractivity contribution in [3.05, 3.63) is 24.1 Å². The van der Waals surface area contributed by atoms with E-state index in [-0.39, 0.29) is 18.3 Å². The summed E-state index contributed by atoms with van der Waals surface area (Å²) >= 11 is 0. The molecule has 0 saturated heterocycles. The van der Waals surface area contributed by atoms with E-state index in [1.165, 1.54) is 0 Å². The van der Waals surface area contributed by atoms with Crippen LogP contribution >= 0.6 is 10.2 Å². The zero-order valence-corrected chi connectivity index (χ0v) is 6.67. The van der Waals surface area contributed by atoms with Gasteiger partial charge in [-0.25, -0.2) is 9.37 Å². The van der Waals surface area contributed by atoms with Gasteiger partial charge in [-0.1, -0.05) is 19.4 Å². The summed E-state index contributed by atoms with van der Waals surface area (Å²) in [5.74, 6) is -1.11. The maximum absolute atomic E-state index is 12.1. The molecular weight excluding hydrogens is 220 g/mol. The van der Waals surface area contributed by atoms with Crippen molar-refractivity contribution in [1.82, 2.24) is 4.98 Å². The molecule has 0 amide bonds. The monoisotopic (exact) mass is 223 g/mol. The second-order valence-electron chi connectivity index (χ2n) is 2.28. The summed E-state index contributed by atoms with van der Waals surface area (Å²) in [4.78, 5) is 2.30. The summed E-state index contributed by atoms with van der Waals surface area (Å²) in [6, 6.07) is 0.192. The number of aromatic nitrogens is 1. The smallest absolute Gasteiger partial charge is 0.238 e. The first-order valence-corrected chi connectivity index (χ1v) is 4.80. The van der Waals surface area contributed by atoms with Crippen LogP contribution in [-0.2, 0) is 0 Å². The van der Waals surface area contributed by atoms with Crippen molar-refractivity contribution >= 4 is 10.2 Å². The summed E-state index contributed by atoms with van der Waals surface area (Å²) in [6.07, 6.45) is 0.0905. The molecule has 0 aliphatic carbocycles. The highest BCUT2D eigenvalue weighted by Crippen LogP contribution is 3.01. The van der Waals surface area contributed by atoms with Gasteiger partial charge in [0.05, 0.1) is 6.20 Å². The molecule has 13 heavy (non-hydrogen) atoms. The van der Waals surface area contributed by atoms with E-state index in [0.717, 1.165) is 0 Å². The zero-order valence-electron chi connectivity index (χ0n) is 5.86. The van der Waals surface area contributed by atoms with Gasteiger partial charge in [0.2, 0.25) is 0 Å². The maximum Gasteiger partial charge on any atom is 0.325 e. The molecule has 0 atom stereocenters. The summed E-state index contributed by atoms with van der Waals surface area (Å²) in [5.41, 5.74) is 0. The highest BCUT2D eigenvalue weighted by Gasteiger charge is 2.67. The summed E-state index contributed by atoms with van der Waals surface area (Å²) < 4.78 is 71.5. The second kappa shape index (κ2) is 1.94. The van der Waals surface area contributed by atoms with Gasteiger partial charge in [-0.2, -0.15) is 0 Å². The number of pyridine rings is 1. The second-order valence-corrected chi connectivity index (χ2v) is 4.64. The van der Waals surface area contributed by atoms with Gasteiger partial charge in [-0.3, -0.25) is 0 Å². The molecule has 76 valence electrons. The molecule has 0 aromatic carbocycles. The minimum absolute atomic E-state index is 0.0864. The predicted molar refractivity (Wildman–Crippen MR) is 35.6 cm³/mol. The molecule has 1 aromatic heterocycles. The highest BCUT2D eigenvalue weighted by atomic mass is 32.5. The van der Waals surface area contributed by atoms with Crippen LogP contribution in [0.15, 0.2) is 23.4 Å². The van der Waals surface area contributed by atoms with Crippen LogP contribution in [0, 0.1) is 5.82 Å². The lowest BCUT2D eigenvalue weighted by Crippen LogP contribution is -2.08. The fourth-order valence-electron chi connectivity index (χ4n) is 0.590. The number of halogens is 6. The van der Waals surface area contributed by atoms with Gasteiger partial charge >= 0.3 is 10.2 Å². The van der Waals surface area contributed by atoms with Crippen LogP contribution < -0.4 is 0 Å². The molecular formula is C5H3F6NS. The molecule has 1 nitrogen and oxygen atoms in total. The molecule has 0 spiro atoms. The van der Waals surface area contributed by atoms with E-state index in [1.54, 1.807) is 0 Å². The normalized spacial score (nSPS) is 17.7. The molecule has 0 fully saturated rings. The summed E-state index contributed by atoms with van der Waals surface area (Å²) in [7, 11) is -9.73. The van der Waals surface area contributed by atoms with Crippen LogP contribution in [0.1, 0.15) is 0 Å². The number of hydrogen-bond acceptors (Lipinski definition) is 1. The van der Waals surface area contributed by atoms with E-state index in [9.17, 15) is 23.8 Å². The molecule has 8 heteroatoms. The van der Waals surface area contributed by atoms with Crippen molar-refractivity contribution in [3.63, 3.8) is 0 Å². The van der Waals surface area contributed by atoms with Crippen molar-refractivity contribution in [2.45, 2.75) is 5.03 Å². The molecule has 0 radical (unpaired) electrons. The van der Waals surface area contributed by atoms with E-state index < -0.39 is 21.1 Å². The van der Waals surface area contributed by atoms with E-state index in [0.29, 0.717) is 0 Å². The Labute approximate surface area is 69.1 Å². The molecule has 0 aliphatic rings. The van der Waals surface area contributed by atoms with Crippen LogP contribution in [-0.4, -0.2) is 4.98 Å². The summed E-state index contributed by atoms with van der Waals surface area (Å²) in [6.45, 7) is 0. The van der Waals surface area contributed by atoms with E-state index in [4.69, 9.17) is 0 Å². The van der Waals surface area contributed by atoms with Crippen molar-refractivity contribution in [2.24, 2.45) is 0 Å². The highest BCUT2D eigenvalue weighted by molar-refractivity contribution is 8.45. The molecule has 1 rings (SSSR count). The van der Waals surface area contributed by atoms with Gasteiger partial charge < -0.3 is 0 Å². The fourth-order valence-corrected chi connectivity index (χ4v) is 1.17. The van der Waals surface area contributed by atoms with Gasteiger partial charge in [-0.05, 0) is 12.1 Å². The van der Waals surface area contributed by atoms with Gasteiger partial charge in [0.25, 0.3) is 0 Å². The molecule has 0 aliphatic heterocycles. The molecule has 0 unspecified atom stereocenters. The minimum atomic E-state index is -9.73. The third-order valence-corrected chi connectivity index (χ3v) is 2.13. The molecule has 0 bridgehead atoms. The van der Waals surface area contributed by atoms with Gasteiger partial charge in [-0.15, -0.1) is 0 Å². The fraction of sp³-hybridized carbons (Fsp3) is 0. The molecule has 0 N–H and O–H groups in total.